The van der Waals surface area contributed by atoms with Crippen LogP contribution in [0.4, 0.5) is 0 Å². The minimum absolute atomic E-state index is 0.481. The van der Waals surface area contributed by atoms with Crippen molar-refractivity contribution in [2.24, 2.45) is 0 Å². The Morgan fingerprint density at radius 2 is 2.27 bits per heavy atom. The molecule has 2 nitrogen and oxygen atoms in total. The van der Waals surface area contributed by atoms with E-state index >= 15 is 0 Å². The van der Waals surface area contributed by atoms with Gasteiger partial charge in [0.1, 0.15) is 0 Å². The van der Waals surface area contributed by atoms with Crippen LogP contribution in [0.5, 0.6) is 0 Å². The summed E-state index contributed by atoms with van der Waals surface area (Å²) in [6.45, 7) is 0. The molecule has 11 heavy (non-hydrogen) atoms. The van der Waals surface area contributed by atoms with E-state index in [0.29, 0.717) is 14.5 Å². The molecule has 2 rings (SSSR count). The summed E-state index contributed by atoms with van der Waals surface area (Å²) >= 11 is 0.481. The minimum atomic E-state index is 0.481. The van der Waals surface area contributed by atoms with Crippen LogP contribution in [0.2, 0.25) is 0 Å². The van der Waals surface area contributed by atoms with Crippen LogP contribution >= 0.6 is 0 Å². The molecule has 0 spiro atoms. The van der Waals surface area contributed by atoms with Gasteiger partial charge < -0.3 is 0 Å². The molecule has 0 aliphatic carbocycles. The molecule has 0 atom stereocenters. The second kappa shape index (κ2) is 2.99. The Hall–Kier alpha value is -0.921. The first-order valence-corrected chi connectivity index (χ1v) is 5.11. The van der Waals surface area contributed by atoms with Gasteiger partial charge in [-0.1, -0.05) is 0 Å². The molecule has 0 unspecified atom stereocenters. The molecule has 2 heterocycles. The monoisotopic (exact) mass is 210 g/mol. The van der Waals surface area contributed by atoms with E-state index < -0.39 is 0 Å². The fourth-order valence-corrected chi connectivity index (χ4v) is 2.33. The van der Waals surface area contributed by atoms with E-state index in [-0.39, 0.29) is 0 Å². The molecule has 0 amide bonds. The first-order chi connectivity index (χ1) is 5.47. The zero-order valence-corrected chi connectivity index (χ0v) is 7.48. The molecule has 0 aliphatic heterocycles. The molecule has 0 aliphatic rings. The van der Waals surface area contributed by atoms with E-state index in [1.54, 1.807) is 12.5 Å². The molecular weight excluding hydrogens is 203 g/mol. The predicted molar refractivity (Wildman–Crippen MR) is 44.4 cm³/mol. The quantitative estimate of drug-likeness (QED) is 0.659. The van der Waals surface area contributed by atoms with Crippen LogP contribution in [-0.2, 0) is 0 Å². The van der Waals surface area contributed by atoms with Crippen LogP contribution in [0, 0.1) is 0 Å². The molecule has 54 valence electrons. The fraction of sp³-hybridized carbons (Fsp3) is 0. The summed E-state index contributed by atoms with van der Waals surface area (Å²) in [6, 6.07) is 6.14. The van der Waals surface area contributed by atoms with Crippen molar-refractivity contribution in [3.8, 4) is 10.1 Å². The molecular formula is C8H6N2Se. The van der Waals surface area contributed by atoms with Crippen molar-refractivity contribution < 1.29 is 0 Å². The van der Waals surface area contributed by atoms with Crippen molar-refractivity contribution in [1.82, 2.24) is 9.97 Å². The van der Waals surface area contributed by atoms with E-state index in [9.17, 15) is 0 Å². The van der Waals surface area contributed by atoms with Crippen LogP contribution in [-0.4, -0.2) is 24.5 Å². The molecule has 0 aromatic carbocycles. The van der Waals surface area contributed by atoms with Gasteiger partial charge in [0.2, 0.25) is 0 Å². The van der Waals surface area contributed by atoms with Gasteiger partial charge in [0.15, 0.2) is 0 Å². The van der Waals surface area contributed by atoms with Crippen LogP contribution in [0.25, 0.3) is 10.1 Å². The third-order valence-electron chi connectivity index (χ3n) is 1.36. The van der Waals surface area contributed by atoms with Gasteiger partial charge in [0.25, 0.3) is 0 Å². The van der Waals surface area contributed by atoms with Gasteiger partial charge in [0.05, 0.1) is 0 Å². The molecule has 2 aromatic heterocycles. The average Bonchev–Trinajstić information content (AvgIpc) is 2.58. The Morgan fingerprint density at radius 3 is 2.91 bits per heavy atom. The van der Waals surface area contributed by atoms with Crippen molar-refractivity contribution in [1.29, 1.82) is 0 Å². The summed E-state index contributed by atoms with van der Waals surface area (Å²) in [5.41, 5.74) is 1.06. The Kier molecular flexibility index (Phi) is 1.84. The standard InChI is InChI=1S/C8H6N2Se/c1-2-8(11-5-1)7-3-4-9-6-10-7/h1-6H. The normalized spacial score (nSPS) is 9.82. The third-order valence-corrected chi connectivity index (χ3v) is 3.23. The van der Waals surface area contributed by atoms with Gasteiger partial charge in [-0.3, -0.25) is 0 Å². The van der Waals surface area contributed by atoms with Crippen molar-refractivity contribution in [2.75, 3.05) is 0 Å². The maximum absolute atomic E-state index is 4.16. The van der Waals surface area contributed by atoms with Gasteiger partial charge in [-0.15, -0.1) is 0 Å². The average molecular weight is 209 g/mol. The van der Waals surface area contributed by atoms with Gasteiger partial charge in [-0.05, 0) is 0 Å². The van der Waals surface area contributed by atoms with Crippen LogP contribution < -0.4 is 0 Å². The number of nitrogens with zero attached hydrogens (tertiary/aromatic N) is 2. The summed E-state index contributed by atoms with van der Waals surface area (Å²) in [6.07, 6.45) is 3.36. The Bertz CT molecular complexity index is 315. The van der Waals surface area contributed by atoms with E-state index in [2.05, 4.69) is 27.0 Å². The first kappa shape index (κ1) is 6.77. The zero-order chi connectivity index (χ0) is 7.52. The van der Waals surface area contributed by atoms with Gasteiger partial charge in [-0.25, -0.2) is 0 Å². The maximum atomic E-state index is 4.16. The van der Waals surface area contributed by atoms with E-state index in [1.807, 2.05) is 6.07 Å². The second-order valence-corrected chi connectivity index (χ2v) is 4.06. The molecule has 0 saturated heterocycles. The van der Waals surface area contributed by atoms with Gasteiger partial charge in [0, 0.05) is 0 Å². The summed E-state index contributed by atoms with van der Waals surface area (Å²) in [7, 11) is 0. The Morgan fingerprint density at radius 1 is 1.27 bits per heavy atom. The molecule has 0 bridgehead atoms. The zero-order valence-electron chi connectivity index (χ0n) is 5.77. The molecule has 0 fully saturated rings. The van der Waals surface area contributed by atoms with E-state index in [1.165, 1.54) is 4.44 Å². The SMILES string of the molecule is c1c[se]c(-c2ccncn2)c1. The topological polar surface area (TPSA) is 25.8 Å². The summed E-state index contributed by atoms with van der Waals surface area (Å²) in [5, 5.41) is 0. The summed E-state index contributed by atoms with van der Waals surface area (Å²) in [4.78, 5) is 10.2. The Labute approximate surface area is 70.7 Å². The second-order valence-electron chi connectivity index (χ2n) is 2.07. The van der Waals surface area contributed by atoms with E-state index in [4.69, 9.17) is 0 Å². The molecule has 3 heteroatoms. The van der Waals surface area contributed by atoms with Gasteiger partial charge >= 0.3 is 70.3 Å². The number of rotatable bonds is 1. The fourth-order valence-electron chi connectivity index (χ4n) is 0.861. The summed E-state index contributed by atoms with van der Waals surface area (Å²) in [5.74, 6) is 0. The van der Waals surface area contributed by atoms with Crippen LogP contribution in [0.15, 0.2) is 35.7 Å². The van der Waals surface area contributed by atoms with Crippen LogP contribution in [0.1, 0.15) is 0 Å². The molecule has 2 aromatic rings. The molecule has 0 N–H and O–H groups in total. The number of hydrogen-bond acceptors (Lipinski definition) is 2. The molecule has 0 saturated carbocycles. The predicted octanol–water partition coefficient (Wildman–Crippen LogP) is 1.20. The van der Waals surface area contributed by atoms with Gasteiger partial charge in [-0.2, -0.15) is 0 Å². The molecule has 0 radical (unpaired) electrons. The van der Waals surface area contributed by atoms with Crippen LogP contribution in [0.3, 0.4) is 0 Å². The summed E-state index contributed by atoms with van der Waals surface area (Å²) < 4.78 is 1.33. The third kappa shape index (κ3) is 1.39. The van der Waals surface area contributed by atoms with Crippen molar-refractivity contribution in [3.63, 3.8) is 0 Å². The van der Waals surface area contributed by atoms with E-state index in [0.717, 1.165) is 5.69 Å². The Balaban J connectivity index is 2.46. The van der Waals surface area contributed by atoms with Crippen molar-refractivity contribution in [2.45, 2.75) is 0 Å². The number of aromatic nitrogens is 2. The number of hydrogen-bond donors (Lipinski definition) is 0. The van der Waals surface area contributed by atoms with Crippen molar-refractivity contribution in [3.05, 3.63) is 35.7 Å². The van der Waals surface area contributed by atoms with Crippen molar-refractivity contribution >= 4 is 14.5 Å². The first-order valence-electron chi connectivity index (χ1n) is 3.27.